The maximum atomic E-state index is 10.2. The van der Waals surface area contributed by atoms with Crippen molar-refractivity contribution in [2.45, 2.75) is 38.5 Å². The minimum absolute atomic E-state index is 0.0361. The molecule has 50 heavy (non-hydrogen) atoms. The van der Waals surface area contributed by atoms with E-state index in [4.69, 9.17) is 92.8 Å². The van der Waals surface area contributed by atoms with Gasteiger partial charge in [0.05, 0.1) is 38.0 Å². The van der Waals surface area contributed by atoms with Gasteiger partial charge in [0, 0.05) is 39.8 Å². The Morgan fingerprint density at radius 2 is 0.480 bits per heavy atom. The van der Waals surface area contributed by atoms with E-state index in [1.807, 2.05) is 0 Å². The van der Waals surface area contributed by atoms with Gasteiger partial charge in [0.15, 0.2) is 11.5 Å². The third kappa shape index (κ3) is 8.15. The molecule has 272 valence electrons. The predicted octanol–water partition coefficient (Wildman–Crippen LogP) is 18.2. The number of aromatic hydroxyl groups is 4. The van der Waals surface area contributed by atoms with E-state index in [0.717, 1.165) is 29.0 Å². The summed E-state index contributed by atoms with van der Waals surface area (Å²) in [5, 5.41) is 39.4. The predicted molar refractivity (Wildman–Crippen MR) is 238 cm³/mol. The second-order valence-electron chi connectivity index (χ2n) is 11.2. The second kappa shape index (κ2) is 17.4. The topological polar surface area (TPSA) is 80.9 Å². The van der Waals surface area contributed by atoms with Crippen LogP contribution in [0.5, 0.6) is 23.0 Å². The van der Waals surface area contributed by atoms with Crippen molar-refractivity contribution in [2.24, 2.45) is 0 Å². The minimum atomic E-state index is -1.09. The summed E-state index contributed by atoms with van der Waals surface area (Å²) in [6.45, 7) is 7.46. The number of hydrogen-bond acceptors (Lipinski definition) is 4. The summed E-state index contributed by atoms with van der Waals surface area (Å²) in [6, 6.07) is 0. The van der Waals surface area contributed by atoms with Crippen LogP contribution >= 0.6 is 220 Å². The van der Waals surface area contributed by atoms with Crippen LogP contribution in [0.1, 0.15) is 49.9 Å². The first-order chi connectivity index (χ1) is 22.7. The van der Waals surface area contributed by atoms with E-state index in [2.05, 4.69) is 141 Å². The average Bonchev–Trinajstić information content (AvgIpc) is 3.04. The van der Waals surface area contributed by atoms with Gasteiger partial charge in [-0.2, -0.15) is 0 Å². The zero-order valence-corrected chi connectivity index (χ0v) is 43.6. The van der Waals surface area contributed by atoms with Crippen molar-refractivity contribution in [3.63, 3.8) is 0 Å². The molecule has 4 N–H and O–H groups in total. The first kappa shape index (κ1) is 46.6. The molecule has 4 aromatic rings. The largest absolute Gasteiger partial charge is 0.505 e. The van der Waals surface area contributed by atoms with Crippen molar-refractivity contribution in [1.82, 2.24) is 0 Å². The van der Waals surface area contributed by atoms with Gasteiger partial charge in [-0.15, -0.1) is 0 Å². The van der Waals surface area contributed by atoms with Crippen LogP contribution in [0.25, 0.3) is 0 Å². The molecule has 20 heteroatoms. The summed E-state index contributed by atoms with van der Waals surface area (Å²) < 4.78 is 5.11. The van der Waals surface area contributed by atoms with E-state index in [1.54, 1.807) is 13.8 Å². The molecule has 0 aliphatic heterocycles. The van der Waals surface area contributed by atoms with Gasteiger partial charge < -0.3 is 20.4 Å². The highest BCUT2D eigenvalue weighted by Gasteiger charge is 2.39. The Hall–Kier alpha value is 2.24. The van der Waals surface area contributed by atoms with E-state index in [0.29, 0.717) is 17.9 Å². The minimum Gasteiger partial charge on any atom is -0.505 e. The molecule has 0 aromatic heterocycles. The fraction of sp³-hybridized carbons (Fsp3) is 0.200. The van der Waals surface area contributed by atoms with Gasteiger partial charge in [-0.25, -0.2) is 0 Å². The molecule has 0 aliphatic rings. The van der Waals surface area contributed by atoms with E-state index in [-0.39, 0.29) is 62.8 Å². The number of halogens is 16. The van der Waals surface area contributed by atoms with Crippen molar-refractivity contribution in [3.8, 4) is 23.0 Å². The Labute approximate surface area is 394 Å². The fourth-order valence-electron chi connectivity index (χ4n) is 4.93. The van der Waals surface area contributed by atoms with Crippen molar-refractivity contribution < 1.29 is 20.4 Å². The SMILES string of the molecule is CC(C)(c1c(Br)c(Br)c(O)c(Br)c1Br)c1c(Br)c(Br)c(O)c(Br)c1Br.CC(C)(c1c(Cl)c(Cl)c(O)c(Cl)c1Cl)c1c(Cl)c(Cl)c(O)c(Cl)c1Cl. The van der Waals surface area contributed by atoms with E-state index in [1.165, 1.54) is 0 Å². The molecule has 0 atom stereocenters. The zero-order valence-electron chi connectivity index (χ0n) is 24.8. The maximum Gasteiger partial charge on any atom is 0.155 e. The van der Waals surface area contributed by atoms with Crippen LogP contribution < -0.4 is 0 Å². The normalized spacial score (nSPS) is 11.9. The number of benzene rings is 4. The third-order valence-corrected chi connectivity index (χ3v) is 19.2. The van der Waals surface area contributed by atoms with Gasteiger partial charge in [0.25, 0.3) is 0 Å². The van der Waals surface area contributed by atoms with Gasteiger partial charge in [-0.3, -0.25) is 0 Å². The molecule has 0 unspecified atom stereocenters. The highest BCUT2D eigenvalue weighted by Crippen LogP contribution is 2.58. The van der Waals surface area contributed by atoms with Crippen LogP contribution in [0, 0.1) is 0 Å². The highest BCUT2D eigenvalue weighted by molar-refractivity contribution is 9.14. The molecule has 0 fully saturated rings. The summed E-state index contributed by atoms with van der Waals surface area (Å²) in [6.07, 6.45) is 0. The highest BCUT2D eigenvalue weighted by atomic mass is 79.9. The van der Waals surface area contributed by atoms with Gasteiger partial charge in [0.2, 0.25) is 0 Å². The Balaban J connectivity index is 0.000000270. The van der Waals surface area contributed by atoms with Crippen LogP contribution in [0.2, 0.25) is 40.2 Å². The summed E-state index contributed by atoms with van der Waals surface area (Å²) in [7, 11) is 0. The molecule has 0 saturated heterocycles. The van der Waals surface area contributed by atoms with E-state index in [9.17, 15) is 20.4 Å². The zero-order chi connectivity index (χ0) is 38.9. The molecule has 0 saturated carbocycles. The monoisotopic (exact) mass is 1350 g/mol. The summed E-state index contributed by atoms with van der Waals surface area (Å²) in [4.78, 5) is 0. The van der Waals surface area contributed by atoms with E-state index < -0.39 is 22.3 Å². The number of phenolic OH excluding ortho intramolecular Hbond substituents is 4. The molecule has 4 nitrogen and oxygen atoms in total. The molecule has 4 aromatic carbocycles. The van der Waals surface area contributed by atoms with Gasteiger partial charge in [-0.1, -0.05) is 121 Å². The Morgan fingerprint density at radius 3 is 0.680 bits per heavy atom. The van der Waals surface area contributed by atoms with Crippen LogP contribution in [0.3, 0.4) is 0 Å². The average molecular weight is 1360 g/mol. The Bertz CT molecular complexity index is 1690. The van der Waals surface area contributed by atoms with Crippen molar-refractivity contribution in [2.75, 3.05) is 0 Å². The number of phenols is 4. The molecule has 0 aliphatic carbocycles. The molecule has 4 rings (SSSR count). The maximum absolute atomic E-state index is 10.2. The van der Waals surface area contributed by atoms with Crippen molar-refractivity contribution >= 4 is 220 Å². The Morgan fingerprint density at radius 1 is 0.300 bits per heavy atom. The standard InChI is InChI=1S/C15H8Br8O2.C15H8Cl8O2/c2*1-15(2,3-5(16)9(20)13(24)10(21)6(3)17)4-7(18)11(22)14(25)12(23)8(4)19/h2*24-25H,1-2H3. The van der Waals surface area contributed by atoms with Crippen LogP contribution in [0.15, 0.2) is 35.8 Å². The van der Waals surface area contributed by atoms with Gasteiger partial charge in [-0.05, 0) is 139 Å². The van der Waals surface area contributed by atoms with Crippen molar-refractivity contribution in [1.29, 1.82) is 0 Å². The fourth-order valence-corrected chi connectivity index (χ4v) is 13.7. The lowest BCUT2D eigenvalue weighted by atomic mass is 9.77. The lowest BCUT2D eigenvalue weighted by Gasteiger charge is -2.32. The molecule has 0 radical (unpaired) electrons. The first-order valence-electron chi connectivity index (χ1n) is 12.9. The lowest BCUT2D eigenvalue weighted by molar-refractivity contribution is 0.464. The molecule has 0 heterocycles. The van der Waals surface area contributed by atoms with E-state index >= 15 is 0 Å². The van der Waals surface area contributed by atoms with Crippen LogP contribution in [-0.4, -0.2) is 20.4 Å². The third-order valence-electron chi connectivity index (χ3n) is 7.46. The molecule has 0 spiro atoms. The molecule has 0 amide bonds. The molecular weight excluding hydrogens is 1350 g/mol. The number of rotatable bonds is 4. The summed E-state index contributed by atoms with van der Waals surface area (Å²) in [5.41, 5.74) is 0.706. The van der Waals surface area contributed by atoms with Gasteiger partial charge >= 0.3 is 0 Å². The number of hydrogen-bond donors (Lipinski definition) is 4. The van der Waals surface area contributed by atoms with Crippen LogP contribution in [-0.2, 0) is 10.8 Å². The molecular formula is C30H16Br8Cl8O4. The van der Waals surface area contributed by atoms with Crippen LogP contribution in [0.4, 0.5) is 0 Å². The smallest absolute Gasteiger partial charge is 0.155 e. The first-order valence-corrected chi connectivity index (χ1v) is 22.3. The van der Waals surface area contributed by atoms with Gasteiger partial charge in [0.1, 0.15) is 31.6 Å². The summed E-state index contributed by atoms with van der Waals surface area (Å²) >= 11 is 77.4. The Kier molecular flexibility index (Phi) is 16.2. The lowest BCUT2D eigenvalue weighted by Crippen LogP contribution is -2.22. The quantitative estimate of drug-likeness (QED) is 0.154. The summed E-state index contributed by atoms with van der Waals surface area (Å²) in [5.74, 6) is -0.692. The second-order valence-corrected chi connectivity index (χ2v) is 20.5. The molecule has 0 bridgehead atoms. The van der Waals surface area contributed by atoms with Crippen molar-refractivity contribution in [3.05, 3.63) is 98.2 Å².